The number of carbonyl (C=O) groups excluding carboxylic acids is 1. The molecule has 0 bridgehead atoms. The van der Waals surface area contributed by atoms with Gasteiger partial charge in [0.2, 0.25) is 5.91 Å². The van der Waals surface area contributed by atoms with Crippen molar-refractivity contribution >= 4 is 17.5 Å². The molecule has 0 spiro atoms. The van der Waals surface area contributed by atoms with Gasteiger partial charge in [0, 0.05) is 23.5 Å². The SMILES string of the molecule is CCC(NC(C)CC(N)=O)c1ccc(Cl)cc1. The lowest BCUT2D eigenvalue weighted by atomic mass is 10.0. The predicted octanol–water partition coefficient (Wildman–Crippen LogP) is 2.64. The minimum atomic E-state index is -0.282. The molecule has 0 aliphatic heterocycles. The van der Waals surface area contributed by atoms with Crippen molar-refractivity contribution < 1.29 is 4.79 Å². The highest BCUT2D eigenvalue weighted by atomic mass is 35.5. The lowest BCUT2D eigenvalue weighted by Crippen LogP contribution is -2.33. The van der Waals surface area contributed by atoms with Crippen molar-refractivity contribution in [2.75, 3.05) is 0 Å². The Morgan fingerprint density at radius 1 is 1.41 bits per heavy atom. The lowest BCUT2D eigenvalue weighted by Gasteiger charge is -2.22. The van der Waals surface area contributed by atoms with E-state index < -0.39 is 0 Å². The molecule has 0 aromatic heterocycles. The zero-order valence-electron chi connectivity index (χ0n) is 10.2. The van der Waals surface area contributed by atoms with Crippen molar-refractivity contribution in [1.82, 2.24) is 5.32 Å². The van der Waals surface area contributed by atoms with Gasteiger partial charge in [-0.1, -0.05) is 30.7 Å². The minimum Gasteiger partial charge on any atom is -0.370 e. The minimum absolute atomic E-state index is 0.0770. The normalized spacial score (nSPS) is 14.3. The van der Waals surface area contributed by atoms with Gasteiger partial charge in [0.25, 0.3) is 0 Å². The van der Waals surface area contributed by atoms with E-state index in [9.17, 15) is 4.79 Å². The molecule has 1 aromatic carbocycles. The van der Waals surface area contributed by atoms with Gasteiger partial charge in [-0.3, -0.25) is 4.79 Å². The summed E-state index contributed by atoms with van der Waals surface area (Å²) in [6, 6.07) is 8.05. The first-order valence-corrected chi connectivity index (χ1v) is 6.20. The number of benzene rings is 1. The molecule has 0 saturated heterocycles. The summed E-state index contributed by atoms with van der Waals surface area (Å²) in [7, 11) is 0. The van der Waals surface area contributed by atoms with Crippen LogP contribution in [-0.4, -0.2) is 11.9 Å². The summed E-state index contributed by atoms with van der Waals surface area (Å²) in [4.78, 5) is 10.8. The second kappa shape index (κ2) is 6.62. The summed E-state index contributed by atoms with van der Waals surface area (Å²) in [5, 5.41) is 4.12. The zero-order valence-corrected chi connectivity index (χ0v) is 11.0. The van der Waals surface area contributed by atoms with E-state index in [2.05, 4.69) is 12.2 Å². The van der Waals surface area contributed by atoms with Crippen molar-refractivity contribution in [3.63, 3.8) is 0 Å². The van der Waals surface area contributed by atoms with E-state index in [4.69, 9.17) is 17.3 Å². The summed E-state index contributed by atoms with van der Waals surface area (Å²) in [5.74, 6) is -0.282. The molecule has 1 amide bonds. The summed E-state index contributed by atoms with van der Waals surface area (Å²) < 4.78 is 0. The highest BCUT2D eigenvalue weighted by Crippen LogP contribution is 2.19. The molecule has 3 nitrogen and oxygen atoms in total. The third kappa shape index (κ3) is 4.75. The molecule has 1 aromatic rings. The van der Waals surface area contributed by atoms with E-state index in [0.717, 1.165) is 11.4 Å². The van der Waals surface area contributed by atoms with Gasteiger partial charge in [0.05, 0.1) is 0 Å². The molecular formula is C13H19ClN2O. The maximum atomic E-state index is 10.8. The molecule has 3 N–H and O–H groups in total. The molecule has 0 aliphatic rings. The van der Waals surface area contributed by atoms with Gasteiger partial charge < -0.3 is 11.1 Å². The summed E-state index contributed by atoms with van der Waals surface area (Å²) >= 11 is 5.85. The molecule has 2 atom stereocenters. The Labute approximate surface area is 107 Å². The van der Waals surface area contributed by atoms with Crippen LogP contribution in [0, 0.1) is 0 Å². The second-order valence-corrected chi connectivity index (χ2v) is 4.69. The maximum absolute atomic E-state index is 10.8. The van der Waals surface area contributed by atoms with Crippen LogP contribution in [0.25, 0.3) is 0 Å². The number of hydrogen-bond acceptors (Lipinski definition) is 2. The van der Waals surface area contributed by atoms with Gasteiger partial charge >= 0.3 is 0 Å². The van der Waals surface area contributed by atoms with Crippen LogP contribution in [0.4, 0.5) is 0 Å². The van der Waals surface area contributed by atoms with Crippen LogP contribution < -0.4 is 11.1 Å². The fourth-order valence-corrected chi connectivity index (χ4v) is 1.98. The Morgan fingerprint density at radius 3 is 2.47 bits per heavy atom. The van der Waals surface area contributed by atoms with Crippen molar-refractivity contribution in [3.8, 4) is 0 Å². The van der Waals surface area contributed by atoms with Crippen LogP contribution in [-0.2, 0) is 4.79 Å². The molecular weight excluding hydrogens is 236 g/mol. The molecule has 17 heavy (non-hydrogen) atoms. The number of hydrogen-bond donors (Lipinski definition) is 2. The highest BCUT2D eigenvalue weighted by Gasteiger charge is 2.13. The molecule has 0 fully saturated rings. The van der Waals surface area contributed by atoms with E-state index in [-0.39, 0.29) is 18.0 Å². The van der Waals surface area contributed by atoms with Crippen LogP contribution in [0.2, 0.25) is 5.02 Å². The number of carbonyl (C=O) groups is 1. The van der Waals surface area contributed by atoms with Gasteiger partial charge in [-0.2, -0.15) is 0 Å². The Morgan fingerprint density at radius 2 is 2.00 bits per heavy atom. The van der Waals surface area contributed by atoms with Crippen LogP contribution in [0.1, 0.15) is 38.3 Å². The van der Waals surface area contributed by atoms with E-state index in [0.29, 0.717) is 6.42 Å². The molecule has 0 saturated carbocycles. The monoisotopic (exact) mass is 254 g/mol. The van der Waals surface area contributed by atoms with E-state index >= 15 is 0 Å². The number of nitrogens with one attached hydrogen (secondary N) is 1. The fourth-order valence-electron chi connectivity index (χ4n) is 1.85. The van der Waals surface area contributed by atoms with E-state index in [1.54, 1.807) is 0 Å². The molecule has 0 aliphatic carbocycles. The summed E-state index contributed by atoms with van der Waals surface area (Å²) in [6.45, 7) is 4.06. The first-order chi connectivity index (χ1) is 8.02. The maximum Gasteiger partial charge on any atom is 0.218 e. The zero-order chi connectivity index (χ0) is 12.8. The third-order valence-electron chi connectivity index (χ3n) is 2.67. The van der Waals surface area contributed by atoms with Gasteiger partial charge in [-0.15, -0.1) is 0 Å². The number of amides is 1. The lowest BCUT2D eigenvalue weighted by molar-refractivity contribution is -0.118. The molecule has 4 heteroatoms. The Kier molecular flexibility index (Phi) is 5.45. The fraction of sp³-hybridized carbons (Fsp3) is 0.462. The van der Waals surface area contributed by atoms with Gasteiger partial charge in [0.1, 0.15) is 0 Å². The van der Waals surface area contributed by atoms with Crippen LogP contribution >= 0.6 is 11.6 Å². The molecule has 94 valence electrons. The largest absolute Gasteiger partial charge is 0.370 e. The van der Waals surface area contributed by atoms with Gasteiger partial charge in [0.15, 0.2) is 0 Å². The molecule has 1 rings (SSSR count). The standard InChI is InChI=1S/C13H19ClN2O/c1-3-12(16-9(2)8-13(15)17)10-4-6-11(14)7-5-10/h4-7,9,12,16H,3,8H2,1-2H3,(H2,15,17). The van der Waals surface area contributed by atoms with Crippen molar-refractivity contribution in [2.24, 2.45) is 5.73 Å². The first-order valence-electron chi connectivity index (χ1n) is 5.82. The highest BCUT2D eigenvalue weighted by molar-refractivity contribution is 6.30. The van der Waals surface area contributed by atoms with Crippen molar-refractivity contribution in [3.05, 3.63) is 34.9 Å². The molecule has 0 radical (unpaired) electrons. The Bertz CT molecular complexity index is 364. The molecule has 2 unspecified atom stereocenters. The quantitative estimate of drug-likeness (QED) is 0.820. The topological polar surface area (TPSA) is 55.1 Å². The smallest absolute Gasteiger partial charge is 0.218 e. The summed E-state index contributed by atoms with van der Waals surface area (Å²) in [6.07, 6.45) is 1.30. The Hall–Kier alpha value is -1.06. The predicted molar refractivity (Wildman–Crippen MR) is 70.9 cm³/mol. The summed E-state index contributed by atoms with van der Waals surface area (Å²) in [5.41, 5.74) is 6.35. The van der Waals surface area contributed by atoms with Crippen molar-refractivity contribution in [2.45, 2.75) is 38.8 Å². The first kappa shape index (κ1) is 14.0. The van der Waals surface area contributed by atoms with E-state index in [1.165, 1.54) is 5.56 Å². The number of primary amides is 1. The number of nitrogens with two attached hydrogens (primary N) is 1. The average Bonchev–Trinajstić information content (AvgIpc) is 2.26. The van der Waals surface area contributed by atoms with Crippen LogP contribution in [0.5, 0.6) is 0 Å². The second-order valence-electron chi connectivity index (χ2n) is 4.25. The van der Waals surface area contributed by atoms with Crippen LogP contribution in [0.3, 0.4) is 0 Å². The van der Waals surface area contributed by atoms with Crippen LogP contribution in [0.15, 0.2) is 24.3 Å². The Balaban J connectivity index is 2.65. The number of rotatable bonds is 6. The van der Waals surface area contributed by atoms with Gasteiger partial charge in [-0.25, -0.2) is 0 Å². The average molecular weight is 255 g/mol. The van der Waals surface area contributed by atoms with E-state index in [1.807, 2.05) is 31.2 Å². The van der Waals surface area contributed by atoms with Gasteiger partial charge in [-0.05, 0) is 31.0 Å². The number of halogens is 1. The van der Waals surface area contributed by atoms with Crippen molar-refractivity contribution in [1.29, 1.82) is 0 Å². The molecule has 0 heterocycles. The third-order valence-corrected chi connectivity index (χ3v) is 2.93.